The largest absolute Gasteiger partial charge is 0.396 e. The van der Waals surface area contributed by atoms with Crippen LogP contribution in [-0.4, -0.2) is 53.4 Å². The van der Waals surface area contributed by atoms with E-state index in [0.717, 1.165) is 31.7 Å². The van der Waals surface area contributed by atoms with Crippen LogP contribution in [0.15, 0.2) is 47.4 Å². The van der Waals surface area contributed by atoms with Gasteiger partial charge < -0.3 is 5.11 Å². The molecule has 0 unspecified atom stereocenters. The van der Waals surface area contributed by atoms with Gasteiger partial charge in [0, 0.05) is 50.3 Å². The molecular weight excluding hydrogens is 366 g/mol. The monoisotopic (exact) mass is 392 g/mol. The smallest absolute Gasteiger partial charge is 0.159 e. The molecule has 1 N–H and O–H groups in total. The first-order chi connectivity index (χ1) is 13.1. The highest BCUT2D eigenvalue weighted by molar-refractivity contribution is 7.98. The predicted octanol–water partition coefficient (Wildman–Crippen LogP) is 3.76. The number of nitrogens with zero attached hydrogens (tertiary/aromatic N) is 2. The van der Waals surface area contributed by atoms with E-state index in [-0.39, 0.29) is 12.6 Å². The molecule has 0 aromatic heterocycles. The molecule has 0 bridgehead atoms. The van der Waals surface area contributed by atoms with Gasteiger partial charge in [0.15, 0.2) is 11.6 Å². The Kier molecular flexibility index (Phi) is 7.24. The SMILES string of the molecule is CSc1cccc(CN2CCN(Cc3ccc(F)c(F)c3)[C@H](CCO)C2)c1. The van der Waals surface area contributed by atoms with E-state index in [1.165, 1.54) is 22.6 Å². The number of thioether (sulfide) groups is 1. The molecule has 1 aliphatic heterocycles. The van der Waals surface area contributed by atoms with Gasteiger partial charge in [-0.3, -0.25) is 9.80 Å². The van der Waals surface area contributed by atoms with Gasteiger partial charge in [-0.1, -0.05) is 18.2 Å². The van der Waals surface area contributed by atoms with E-state index in [2.05, 4.69) is 40.3 Å². The van der Waals surface area contributed by atoms with Crippen LogP contribution in [0.25, 0.3) is 0 Å². The lowest BCUT2D eigenvalue weighted by molar-refractivity contribution is 0.0499. The van der Waals surface area contributed by atoms with Crippen LogP contribution in [-0.2, 0) is 13.1 Å². The average Bonchev–Trinajstić information content (AvgIpc) is 2.67. The van der Waals surface area contributed by atoms with Gasteiger partial charge >= 0.3 is 0 Å². The lowest BCUT2D eigenvalue weighted by atomic mass is 10.1. The van der Waals surface area contributed by atoms with Crippen molar-refractivity contribution in [3.05, 3.63) is 65.2 Å². The lowest BCUT2D eigenvalue weighted by Gasteiger charge is -2.41. The lowest BCUT2D eigenvalue weighted by Crippen LogP contribution is -2.52. The maximum Gasteiger partial charge on any atom is 0.159 e. The Balaban J connectivity index is 1.64. The van der Waals surface area contributed by atoms with E-state index in [9.17, 15) is 13.9 Å². The van der Waals surface area contributed by atoms with Crippen molar-refractivity contribution in [2.45, 2.75) is 30.4 Å². The number of aliphatic hydroxyl groups excluding tert-OH is 1. The van der Waals surface area contributed by atoms with E-state index >= 15 is 0 Å². The highest BCUT2D eigenvalue weighted by Gasteiger charge is 2.26. The predicted molar refractivity (Wildman–Crippen MR) is 106 cm³/mol. The fraction of sp³-hybridized carbons (Fsp3) is 0.429. The van der Waals surface area contributed by atoms with Gasteiger partial charge in [0.25, 0.3) is 0 Å². The normalized spacial score (nSPS) is 18.7. The van der Waals surface area contributed by atoms with Crippen LogP contribution in [0.5, 0.6) is 0 Å². The maximum atomic E-state index is 13.5. The minimum absolute atomic E-state index is 0.120. The zero-order valence-corrected chi connectivity index (χ0v) is 16.4. The summed E-state index contributed by atoms with van der Waals surface area (Å²) in [5.41, 5.74) is 2.05. The Hall–Kier alpha value is -1.47. The number of rotatable bonds is 7. The van der Waals surface area contributed by atoms with Crippen molar-refractivity contribution in [3.8, 4) is 0 Å². The van der Waals surface area contributed by atoms with Crippen molar-refractivity contribution >= 4 is 11.8 Å². The summed E-state index contributed by atoms with van der Waals surface area (Å²) in [4.78, 5) is 5.93. The van der Waals surface area contributed by atoms with Crippen LogP contribution in [0, 0.1) is 11.6 Å². The molecule has 1 heterocycles. The average molecular weight is 393 g/mol. The molecule has 0 spiro atoms. The fourth-order valence-electron chi connectivity index (χ4n) is 3.63. The third-order valence-corrected chi connectivity index (χ3v) is 5.79. The van der Waals surface area contributed by atoms with Gasteiger partial charge in [-0.05, 0) is 48.1 Å². The van der Waals surface area contributed by atoms with E-state index in [0.29, 0.717) is 13.0 Å². The van der Waals surface area contributed by atoms with Crippen LogP contribution in [0.4, 0.5) is 8.78 Å². The molecule has 3 nitrogen and oxygen atoms in total. The quantitative estimate of drug-likeness (QED) is 0.726. The first-order valence-corrected chi connectivity index (χ1v) is 10.5. The standard InChI is InChI=1S/C21H26F2N2OS/c1-27-19-4-2-3-16(11-19)13-24-8-9-25(18(15-24)7-10-26)14-17-5-6-20(22)21(23)12-17/h2-6,11-12,18,26H,7-10,13-15H2,1H3/t18-/m1/s1. The summed E-state index contributed by atoms with van der Waals surface area (Å²) in [5.74, 6) is -1.62. The molecule has 1 aliphatic rings. The minimum Gasteiger partial charge on any atom is -0.396 e. The first-order valence-electron chi connectivity index (χ1n) is 9.23. The summed E-state index contributed by atoms with van der Waals surface area (Å²) in [6.45, 7) is 4.18. The molecule has 3 rings (SSSR count). The second-order valence-corrected chi connectivity index (χ2v) is 7.85. The zero-order chi connectivity index (χ0) is 19.2. The topological polar surface area (TPSA) is 26.7 Å². The Bertz CT molecular complexity index is 759. The van der Waals surface area contributed by atoms with Crippen molar-refractivity contribution in [2.24, 2.45) is 0 Å². The minimum atomic E-state index is -0.817. The third kappa shape index (κ3) is 5.51. The van der Waals surface area contributed by atoms with Gasteiger partial charge in [0.2, 0.25) is 0 Å². The molecule has 2 aromatic rings. The van der Waals surface area contributed by atoms with Gasteiger partial charge in [-0.25, -0.2) is 8.78 Å². The number of halogens is 2. The molecule has 1 atom stereocenters. The number of hydrogen-bond acceptors (Lipinski definition) is 4. The van der Waals surface area contributed by atoms with E-state index < -0.39 is 11.6 Å². The summed E-state index contributed by atoms with van der Waals surface area (Å²) in [7, 11) is 0. The van der Waals surface area contributed by atoms with Crippen LogP contribution in [0.2, 0.25) is 0 Å². The summed E-state index contributed by atoms with van der Waals surface area (Å²) < 4.78 is 26.7. The molecule has 0 aliphatic carbocycles. The fourth-order valence-corrected chi connectivity index (χ4v) is 4.12. The molecule has 27 heavy (non-hydrogen) atoms. The second-order valence-electron chi connectivity index (χ2n) is 6.97. The molecule has 146 valence electrons. The first kappa shape index (κ1) is 20.3. The molecular formula is C21H26F2N2OS. The van der Waals surface area contributed by atoms with Gasteiger partial charge in [0.05, 0.1) is 0 Å². The van der Waals surface area contributed by atoms with Crippen LogP contribution >= 0.6 is 11.8 Å². The van der Waals surface area contributed by atoms with Gasteiger partial charge in [-0.15, -0.1) is 11.8 Å². The Morgan fingerprint density at radius 3 is 2.59 bits per heavy atom. The van der Waals surface area contributed by atoms with E-state index in [1.54, 1.807) is 17.8 Å². The van der Waals surface area contributed by atoms with Crippen molar-refractivity contribution in [1.82, 2.24) is 9.80 Å². The Morgan fingerprint density at radius 2 is 1.85 bits per heavy atom. The molecule has 1 fully saturated rings. The number of piperazine rings is 1. The highest BCUT2D eigenvalue weighted by Crippen LogP contribution is 2.21. The van der Waals surface area contributed by atoms with Crippen molar-refractivity contribution in [1.29, 1.82) is 0 Å². The third-order valence-electron chi connectivity index (χ3n) is 5.06. The number of benzene rings is 2. The van der Waals surface area contributed by atoms with Crippen molar-refractivity contribution < 1.29 is 13.9 Å². The number of aliphatic hydroxyl groups is 1. The zero-order valence-electron chi connectivity index (χ0n) is 15.6. The van der Waals surface area contributed by atoms with Crippen LogP contribution in [0.1, 0.15) is 17.5 Å². The summed E-state index contributed by atoms with van der Waals surface area (Å²) >= 11 is 1.74. The highest BCUT2D eigenvalue weighted by atomic mass is 32.2. The van der Waals surface area contributed by atoms with Crippen molar-refractivity contribution in [2.75, 3.05) is 32.5 Å². The van der Waals surface area contributed by atoms with Crippen molar-refractivity contribution in [3.63, 3.8) is 0 Å². The van der Waals surface area contributed by atoms with E-state index in [4.69, 9.17) is 0 Å². The Labute approximate surface area is 164 Å². The van der Waals surface area contributed by atoms with Gasteiger partial charge in [-0.2, -0.15) is 0 Å². The summed E-state index contributed by atoms with van der Waals surface area (Å²) in [5, 5.41) is 9.47. The van der Waals surface area contributed by atoms with Crippen LogP contribution < -0.4 is 0 Å². The summed E-state index contributed by atoms with van der Waals surface area (Å²) in [6.07, 6.45) is 2.75. The second kappa shape index (κ2) is 9.64. The molecule has 0 saturated carbocycles. The van der Waals surface area contributed by atoms with Gasteiger partial charge in [0.1, 0.15) is 0 Å². The Morgan fingerprint density at radius 1 is 1.04 bits per heavy atom. The molecule has 2 aromatic carbocycles. The molecule has 0 amide bonds. The summed E-state index contributed by atoms with van der Waals surface area (Å²) in [6, 6.07) is 12.9. The number of hydrogen-bond donors (Lipinski definition) is 1. The van der Waals surface area contributed by atoms with E-state index in [1.807, 2.05) is 0 Å². The molecule has 0 radical (unpaired) electrons. The molecule has 1 saturated heterocycles. The van der Waals surface area contributed by atoms with Crippen LogP contribution in [0.3, 0.4) is 0 Å². The maximum absolute atomic E-state index is 13.5. The molecule has 6 heteroatoms.